The van der Waals surface area contributed by atoms with E-state index < -0.39 is 12.1 Å². The van der Waals surface area contributed by atoms with E-state index in [1.807, 2.05) is 0 Å². The number of rotatable bonds is 5. The molecule has 0 saturated carbocycles. The van der Waals surface area contributed by atoms with Gasteiger partial charge in [-0.3, -0.25) is 4.79 Å². The second kappa shape index (κ2) is 6.15. The molecule has 0 heterocycles. The monoisotopic (exact) mass is 233 g/mol. The number of nitrogens with zero attached hydrogens (tertiary/aromatic N) is 1. The van der Waals surface area contributed by atoms with E-state index in [1.165, 1.54) is 12.2 Å². The van der Waals surface area contributed by atoms with Crippen LogP contribution in [0.3, 0.4) is 0 Å². The average Bonchev–Trinajstić information content (AvgIpc) is 2.21. The van der Waals surface area contributed by atoms with Crippen LogP contribution in [0, 0.1) is 0 Å². The third kappa shape index (κ3) is 4.82. The molecule has 0 saturated heterocycles. The SMILES string of the molecule is C=C/C=C(\C=C)CCN(C)C(=O)C(F)(F)F. The van der Waals surface area contributed by atoms with Crippen LogP contribution in [-0.2, 0) is 4.79 Å². The van der Waals surface area contributed by atoms with E-state index in [4.69, 9.17) is 0 Å². The Bertz CT molecular complexity index is 305. The van der Waals surface area contributed by atoms with E-state index in [0.29, 0.717) is 11.3 Å². The average molecular weight is 233 g/mol. The molecule has 0 aliphatic carbocycles. The first-order chi connectivity index (χ1) is 7.32. The highest BCUT2D eigenvalue weighted by atomic mass is 19.4. The molecule has 0 rings (SSSR count). The summed E-state index contributed by atoms with van der Waals surface area (Å²) in [5.41, 5.74) is 0.733. The maximum atomic E-state index is 12.0. The highest BCUT2D eigenvalue weighted by molar-refractivity contribution is 5.81. The topological polar surface area (TPSA) is 20.3 Å². The highest BCUT2D eigenvalue weighted by Crippen LogP contribution is 2.18. The molecule has 0 spiro atoms. The van der Waals surface area contributed by atoms with Gasteiger partial charge in [-0.25, -0.2) is 0 Å². The Kier molecular flexibility index (Phi) is 5.56. The number of carbonyl (C=O) groups excluding carboxylic acids is 1. The minimum Gasteiger partial charge on any atom is -0.338 e. The lowest BCUT2D eigenvalue weighted by atomic mass is 10.1. The molecule has 0 bridgehead atoms. The lowest BCUT2D eigenvalue weighted by molar-refractivity contribution is -0.183. The highest BCUT2D eigenvalue weighted by Gasteiger charge is 2.40. The molecule has 5 heteroatoms. The van der Waals surface area contributed by atoms with Crippen molar-refractivity contribution in [1.29, 1.82) is 0 Å². The number of hydrogen-bond donors (Lipinski definition) is 0. The number of alkyl halides is 3. The summed E-state index contributed by atoms with van der Waals surface area (Å²) in [7, 11) is 1.12. The summed E-state index contributed by atoms with van der Waals surface area (Å²) >= 11 is 0. The first kappa shape index (κ1) is 14.5. The van der Waals surface area contributed by atoms with Crippen molar-refractivity contribution in [2.24, 2.45) is 0 Å². The third-order valence-electron chi connectivity index (χ3n) is 1.92. The molecule has 2 nitrogen and oxygen atoms in total. The van der Waals surface area contributed by atoms with Crippen LogP contribution in [0.25, 0.3) is 0 Å². The van der Waals surface area contributed by atoms with Crippen LogP contribution in [0.5, 0.6) is 0 Å². The van der Waals surface area contributed by atoms with E-state index in [1.54, 1.807) is 6.08 Å². The quantitative estimate of drug-likeness (QED) is 0.668. The van der Waals surface area contributed by atoms with Gasteiger partial charge >= 0.3 is 12.1 Å². The fraction of sp³-hybridized carbons (Fsp3) is 0.364. The Hall–Kier alpha value is -1.52. The Morgan fingerprint density at radius 2 is 1.94 bits per heavy atom. The maximum absolute atomic E-state index is 12.0. The summed E-state index contributed by atoms with van der Waals surface area (Å²) in [6.45, 7) is 6.96. The summed E-state index contributed by atoms with van der Waals surface area (Å²) in [6.07, 6.45) is 0.175. The minimum absolute atomic E-state index is 0.00988. The van der Waals surface area contributed by atoms with Crippen LogP contribution in [0.4, 0.5) is 13.2 Å². The van der Waals surface area contributed by atoms with Gasteiger partial charge in [-0.2, -0.15) is 13.2 Å². The first-order valence-corrected chi connectivity index (χ1v) is 4.59. The number of carbonyl (C=O) groups is 1. The molecule has 0 radical (unpaired) electrons. The molecular weight excluding hydrogens is 219 g/mol. The van der Waals surface area contributed by atoms with Gasteiger partial charge in [-0.1, -0.05) is 31.4 Å². The second-order valence-electron chi connectivity index (χ2n) is 3.16. The maximum Gasteiger partial charge on any atom is 0.471 e. The van der Waals surface area contributed by atoms with E-state index >= 15 is 0 Å². The molecule has 16 heavy (non-hydrogen) atoms. The van der Waals surface area contributed by atoms with Gasteiger partial charge in [0.05, 0.1) is 0 Å². The number of amides is 1. The van der Waals surface area contributed by atoms with Crippen LogP contribution in [0.15, 0.2) is 37.0 Å². The molecule has 0 aliphatic rings. The van der Waals surface area contributed by atoms with Crippen molar-refractivity contribution in [1.82, 2.24) is 4.90 Å². The molecule has 90 valence electrons. The van der Waals surface area contributed by atoms with Crippen LogP contribution in [0.2, 0.25) is 0 Å². The Labute approximate surface area is 92.7 Å². The number of halogens is 3. The third-order valence-corrected chi connectivity index (χ3v) is 1.92. The van der Waals surface area contributed by atoms with E-state index in [9.17, 15) is 18.0 Å². The zero-order valence-electron chi connectivity index (χ0n) is 9.05. The zero-order valence-corrected chi connectivity index (χ0v) is 9.05. The predicted octanol–water partition coefficient (Wildman–Crippen LogP) is 2.70. The van der Waals surface area contributed by atoms with Crippen LogP contribution >= 0.6 is 0 Å². The zero-order chi connectivity index (χ0) is 12.8. The van der Waals surface area contributed by atoms with Crippen LogP contribution in [-0.4, -0.2) is 30.6 Å². The summed E-state index contributed by atoms with van der Waals surface area (Å²) in [6, 6.07) is 0. The Morgan fingerprint density at radius 3 is 2.31 bits per heavy atom. The normalized spacial score (nSPS) is 12.1. The summed E-state index contributed by atoms with van der Waals surface area (Å²) < 4.78 is 36.0. The molecule has 0 atom stereocenters. The van der Waals surface area contributed by atoms with Crippen LogP contribution < -0.4 is 0 Å². The molecule has 0 aromatic rings. The van der Waals surface area contributed by atoms with Crippen molar-refractivity contribution >= 4 is 5.91 Å². The molecular formula is C11H14F3NO. The lowest BCUT2D eigenvalue weighted by Crippen LogP contribution is -2.38. The second-order valence-corrected chi connectivity index (χ2v) is 3.16. The van der Waals surface area contributed by atoms with E-state index in [2.05, 4.69) is 13.2 Å². The van der Waals surface area contributed by atoms with Gasteiger partial charge in [0.2, 0.25) is 0 Å². The van der Waals surface area contributed by atoms with Gasteiger partial charge < -0.3 is 4.90 Å². The lowest BCUT2D eigenvalue weighted by Gasteiger charge is -2.18. The molecule has 0 fully saturated rings. The van der Waals surface area contributed by atoms with Gasteiger partial charge in [-0.05, 0) is 12.0 Å². The van der Waals surface area contributed by atoms with Crippen molar-refractivity contribution < 1.29 is 18.0 Å². The van der Waals surface area contributed by atoms with Crippen molar-refractivity contribution in [3.05, 3.63) is 37.0 Å². The van der Waals surface area contributed by atoms with Crippen molar-refractivity contribution in [2.75, 3.05) is 13.6 Å². The first-order valence-electron chi connectivity index (χ1n) is 4.59. The van der Waals surface area contributed by atoms with Crippen molar-refractivity contribution in [2.45, 2.75) is 12.6 Å². The van der Waals surface area contributed by atoms with Gasteiger partial charge in [-0.15, -0.1) is 0 Å². The summed E-state index contributed by atoms with van der Waals surface area (Å²) in [5.74, 6) is -1.84. The smallest absolute Gasteiger partial charge is 0.338 e. The molecule has 0 aromatic carbocycles. The van der Waals surface area contributed by atoms with Gasteiger partial charge in [0, 0.05) is 13.6 Å². The Balaban J connectivity index is 4.32. The largest absolute Gasteiger partial charge is 0.471 e. The fourth-order valence-corrected chi connectivity index (χ4v) is 1.02. The minimum atomic E-state index is -4.81. The molecule has 0 aliphatic heterocycles. The van der Waals surface area contributed by atoms with Gasteiger partial charge in [0.1, 0.15) is 0 Å². The van der Waals surface area contributed by atoms with Crippen molar-refractivity contribution in [3.8, 4) is 0 Å². The molecule has 0 aromatic heterocycles. The van der Waals surface area contributed by atoms with Gasteiger partial charge in [0.15, 0.2) is 0 Å². The molecule has 0 unspecified atom stereocenters. The summed E-state index contributed by atoms with van der Waals surface area (Å²) in [5, 5.41) is 0. The van der Waals surface area contributed by atoms with Gasteiger partial charge in [0.25, 0.3) is 0 Å². The number of hydrogen-bond acceptors (Lipinski definition) is 1. The van der Waals surface area contributed by atoms with Crippen molar-refractivity contribution in [3.63, 3.8) is 0 Å². The fourth-order valence-electron chi connectivity index (χ4n) is 1.02. The van der Waals surface area contributed by atoms with E-state index in [0.717, 1.165) is 12.6 Å². The molecule has 0 N–H and O–H groups in total. The van der Waals surface area contributed by atoms with E-state index in [-0.39, 0.29) is 6.54 Å². The standard InChI is InChI=1S/C11H14F3NO/c1-4-6-9(5-2)7-8-15(3)10(16)11(12,13)14/h4-6H,1-2,7-8H2,3H3/b9-6+. The van der Waals surface area contributed by atoms with Crippen LogP contribution in [0.1, 0.15) is 6.42 Å². The summed E-state index contributed by atoms with van der Waals surface area (Å²) in [4.78, 5) is 11.4. The predicted molar refractivity (Wildman–Crippen MR) is 56.8 cm³/mol. The Morgan fingerprint density at radius 1 is 1.38 bits per heavy atom. The number of allylic oxidation sites excluding steroid dienone is 3. The molecule has 1 amide bonds.